The Hall–Kier alpha value is -2.46. The van der Waals surface area contributed by atoms with E-state index in [0.717, 1.165) is 22.4 Å². The van der Waals surface area contributed by atoms with Crippen LogP contribution in [0.1, 0.15) is 30.5 Å². The number of benzene rings is 3. The molecular weight excluding hydrogens is 465 g/mol. The third-order valence-corrected chi connectivity index (χ3v) is 6.19. The SMILES string of the molecule is CC(C)CN1C(=O)/C(=C\c2ccc(OCc3ccc(Cl)c(Cl)c3)c(Cl)c2)c2ccccc21. The van der Waals surface area contributed by atoms with E-state index in [1.165, 1.54) is 0 Å². The molecule has 32 heavy (non-hydrogen) atoms. The monoisotopic (exact) mass is 485 g/mol. The lowest BCUT2D eigenvalue weighted by Gasteiger charge is -2.19. The van der Waals surface area contributed by atoms with E-state index in [1.807, 2.05) is 53.4 Å². The first-order valence-corrected chi connectivity index (χ1v) is 11.5. The van der Waals surface area contributed by atoms with E-state index < -0.39 is 0 Å². The van der Waals surface area contributed by atoms with Crippen molar-refractivity contribution in [1.29, 1.82) is 0 Å². The highest BCUT2D eigenvalue weighted by Crippen LogP contribution is 2.38. The largest absolute Gasteiger partial charge is 0.487 e. The van der Waals surface area contributed by atoms with Gasteiger partial charge in [0.25, 0.3) is 5.91 Å². The average molecular weight is 487 g/mol. The van der Waals surface area contributed by atoms with Crippen molar-refractivity contribution in [2.75, 3.05) is 11.4 Å². The Balaban J connectivity index is 1.56. The van der Waals surface area contributed by atoms with Crippen molar-refractivity contribution in [1.82, 2.24) is 0 Å². The molecular formula is C26H22Cl3NO2. The predicted molar refractivity (Wildman–Crippen MR) is 134 cm³/mol. The van der Waals surface area contributed by atoms with Crippen LogP contribution < -0.4 is 9.64 Å². The van der Waals surface area contributed by atoms with Gasteiger partial charge in [-0.25, -0.2) is 0 Å². The summed E-state index contributed by atoms with van der Waals surface area (Å²) in [5, 5.41) is 1.45. The maximum absolute atomic E-state index is 13.1. The van der Waals surface area contributed by atoms with Crippen LogP contribution in [0.3, 0.4) is 0 Å². The van der Waals surface area contributed by atoms with E-state index in [1.54, 1.807) is 18.2 Å². The van der Waals surface area contributed by atoms with Crippen LogP contribution in [0.4, 0.5) is 5.69 Å². The molecule has 0 fully saturated rings. The van der Waals surface area contributed by atoms with Gasteiger partial charge in [0.15, 0.2) is 0 Å². The van der Waals surface area contributed by atoms with Crippen LogP contribution in [0.2, 0.25) is 15.1 Å². The molecule has 3 nitrogen and oxygen atoms in total. The summed E-state index contributed by atoms with van der Waals surface area (Å²) in [5.41, 5.74) is 4.28. The molecule has 164 valence electrons. The van der Waals surface area contributed by atoms with Crippen molar-refractivity contribution in [2.24, 2.45) is 5.92 Å². The van der Waals surface area contributed by atoms with Gasteiger partial charge < -0.3 is 9.64 Å². The van der Waals surface area contributed by atoms with Crippen LogP contribution in [0.25, 0.3) is 11.6 Å². The fourth-order valence-corrected chi connectivity index (χ4v) is 4.24. The Bertz CT molecular complexity index is 1200. The topological polar surface area (TPSA) is 29.5 Å². The summed E-state index contributed by atoms with van der Waals surface area (Å²) < 4.78 is 5.85. The first-order valence-electron chi connectivity index (χ1n) is 10.3. The number of ether oxygens (including phenoxy) is 1. The molecule has 0 unspecified atom stereocenters. The van der Waals surface area contributed by atoms with Crippen LogP contribution in [-0.4, -0.2) is 12.5 Å². The molecule has 6 heteroatoms. The minimum absolute atomic E-state index is 0.0102. The zero-order valence-corrected chi connectivity index (χ0v) is 20.0. The molecule has 4 rings (SSSR count). The van der Waals surface area contributed by atoms with Gasteiger partial charge in [-0.1, -0.05) is 79.0 Å². The van der Waals surface area contributed by atoms with Gasteiger partial charge >= 0.3 is 0 Å². The lowest BCUT2D eigenvalue weighted by molar-refractivity contribution is -0.113. The number of carbonyl (C=O) groups excluding carboxylic acids is 1. The summed E-state index contributed by atoms with van der Waals surface area (Å²) in [7, 11) is 0. The van der Waals surface area contributed by atoms with E-state index in [2.05, 4.69) is 13.8 Å². The van der Waals surface area contributed by atoms with E-state index in [-0.39, 0.29) is 5.91 Å². The lowest BCUT2D eigenvalue weighted by atomic mass is 10.0. The molecule has 3 aromatic carbocycles. The second kappa shape index (κ2) is 9.58. The van der Waals surface area contributed by atoms with E-state index in [0.29, 0.717) is 45.5 Å². The van der Waals surface area contributed by atoms with Crippen LogP contribution in [-0.2, 0) is 11.4 Å². The van der Waals surface area contributed by atoms with Crippen molar-refractivity contribution in [3.8, 4) is 5.75 Å². The van der Waals surface area contributed by atoms with Crippen molar-refractivity contribution >= 4 is 58.0 Å². The molecule has 1 aliphatic heterocycles. The predicted octanol–water partition coefficient (Wildman–Crippen LogP) is 7.77. The Morgan fingerprint density at radius 3 is 2.44 bits per heavy atom. The van der Waals surface area contributed by atoms with Gasteiger partial charge in [0.05, 0.1) is 20.8 Å². The van der Waals surface area contributed by atoms with Crippen LogP contribution >= 0.6 is 34.8 Å². The molecule has 0 saturated carbocycles. The van der Waals surface area contributed by atoms with Gasteiger partial charge in [0, 0.05) is 17.7 Å². The summed E-state index contributed by atoms with van der Waals surface area (Å²) >= 11 is 18.5. The number of nitrogens with zero attached hydrogens (tertiary/aromatic N) is 1. The zero-order chi connectivity index (χ0) is 22.8. The molecule has 0 aliphatic carbocycles. The minimum Gasteiger partial charge on any atom is -0.487 e. The standard InChI is InChI=1S/C26H22Cl3NO2/c1-16(2)14-30-24-6-4-3-5-19(24)20(26(30)31)11-17-8-10-25(23(29)12-17)32-15-18-7-9-21(27)22(28)13-18/h3-13,16H,14-15H2,1-2H3/b20-11-. The fourth-order valence-electron chi connectivity index (χ4n) is 3.67. The Morgan fingerprint density at radius 1 is 0.938 bits per heavy atom. The number of carbonyl (C=O) groups is 1. The molecule has 0 radical (unpaired) electrons. The van der Waals surface area contributed by atoms with Gasteiger partial charge in [0.1, 0.15) is 12.4 Å². The lowest BCUT2D eigenvalue weighted by Crippen LogP contribution is -2.30. The normalized spacial score (nSPS) is 14.4. The Labute approximate surface area is 203 Å². The Kier molecular flexibility index (Phi) is 6.80. The van der Waals surface area contributed by atoms with Crippen molar-refractivity contribution in [3.05, 3.63) is 92.4 Å². The zero-order valence-electron chi connectivity index (χ0n) is 17.7. The van der Waals surface area contributed by atoms with Gasteiger partial charge in [-0.2, -0.15) is 0 Å². The molecule has 1 aliphatic rings. The minimum atomic E-state index is 0.0102. The van der Waals surface area contributed by atoms with Crippen molar-refractivity contribution in [2.45, 2.75) is 20.5 Å². The first-order chi connectivity index (χ1) is 15.3. The smallest absolute Gasteiger partial charge is 0.259 e. The fraction of sp³-hybridized carbons (Fsp3) is 0.192. The highest BCUT2D eigenvalue weighted by Gasteiger charge is 2.32. The third-order valence-electron chi connectivity index (χ3n) is 5.15. The maximum Gasteiger partial charge on any atom is 0.259 e. The second-order valence-electron chi connectivity index (χ2n) is 8.11. The molecule has 3 aromatic rings. The highest BCUT2D eigenvalue weighted by molar-refractivity contribution is 6.42. The number of hydrogen-bond donors (Lipinski definition) is 0. The number of anilines is 1. The number of rotatable bonds is 6. The summed E-state index contributed by atoms with van der Waals surface area (Å²) in [6, 6.07) is 18.7. The van der Waals surface area contributed by atoms with Crippen molar-refractivity contribution in [3.63, 3.8) is 0 Å². The van der Waals surface area contributed by atoms with Gasteiger partial charge in [-0.05, 0) is 53.5 Å². The molecule has 1 heterocycles. The number of hydrogen-bond acceptors (Lipinski definition) is 2. The molecule has 0 saturated heterocycles. The maximum atomic E-state index is 13.1. The van der Waals surface area contributed by atoms with Crippen LogP contribution in [0, 0.1) is 5.92 Å². The summed E-state index contributed by atoms with van der Waals surface area (Å²) in [5.74, 6) is 0.934. The van der Waals surface area contributed by atoms with E-state index in [9.17, 15) is 4.79 Å². The number of para-hydroxylation sites is 1. The molecule has 1 amide bonds. The summed E-state index contributed by atoms with van der Waals surface area (Å²) in [6.45, 7) is 5.20. The number of fused-ring (bicyclic) bond motifs is 1. The highest BCUT2D eigenvalue weighted by atomic mass is 35.5. The molecule has 0 spiro atoms. The number of halogens is 3. The van der Waals surface area contributed by atoms with Gasteiger partial charge in [-0.3, -0.25) is 4.79 Å². The first kappa shape index (κ1) is 22.7. The quantitative estimate of drug-likeness (QED) is 0.333. The van der Waals surface area contributed by atoms with Gasteiger partial charge in [-0.15, -0.1) is 0 Å². The van der Waals surface area contributed by atoms with Crippen LogP contribution in [0.15, 0.2) is 60.7 Å². The molecule has 0 N–H and O–H groups in total. The second-order valence-corrected chi connectivity index (χ2v) is 9.33. The van der Waals surface area contributed by atoms with Crippen LogP contribution in [0.5, 0.6) is 5.75 Å². The summed E-state index contributed by atoms with van der Waals surface area (Å²) in [6.07, 6.45) is 1.89. The van der Waals surface area contributed by atoms with Gasteiger partial charge in [0.2, 0.25) is 0 Å². The third kappa shape index (κ3) is 4.80. The van der Waals surface area contributed by atoms with E-state index in [4.69, 9.17) is 39.5 Å². The molecule has 0 aromatic heterocycles. The number of amides is 1. The summed E-state index contributed by atoms with van der Waals surface area (Å²) in [4.78, 5) is 15.0. The van der Waals surface area contributed by atoms with E-state index >= 15 is 0 Å². The van der Waals surface area contributed by atoms with Crippen molar-refractivity contribution < 1.29 is 9.53 Å². The molecule has 0 atom stereocenters. The molecule has 0 bridgehead atoms. The Morgan fingerprint density at radius 2 is 1.72 bits per heavy atom. The average Bonchev–Trinajstić information content (AvgIpc) is 3.01.